The molecule has 0 saturated carbocycles. The van der Waals surface area contributed by atoms with Crippen molar-refractivity contribution < 1.29 is 9.53 Å². The third-order valence-corrected chi connectivity index (χ3v) is 2.98. The molecule has 0 saturated heterocycles. The number of nitrogens with two attached hydrogens (primary N) is 1. The second kappa shape index (κ2) is 8.48. The van der Waals surface area contributed by atoms with E-state index >= 15 is 0 Å². The molecule has 0 rings (SSSR count). The highest BCUT2D eigenvalue weighted by Crippen LogP contribution is 2.10. The van der Waals surface area contributed by atoms with Gasteiger partial charge in [-0.15, -0.1) is 0 Å². The zero-order chi connectivity index (χ0) is 13.4. The molecular weight excluding hydrogens is 216 g/mol. The molecular formula is C13H28N2O2. The fourth-order valence-corrected chi connectivity index (χ4v) is 1.78. The van der Waals surface area contributed by atoms with E-state index in [1.165, 1.54) is 0 Å². The maximum Gasteiger partial charge on any atom is 0.239 e. The molecule has 0 spiro atoms. The van der Waals surface area contributed by atoms with Crippen LogP contribution in [0.5, 0.6) is 0 Å². The van der Waals surface area contributed by atoms with Crippen LogP contribution in [0.1, 0.15) is 40.5 Å². The van der Waals surface area contributed by atoms with Crippen molar-refractivity contribution in [3.05, 3.63) is 0 Å². The van der Waals surface area contributed by atoms with Crippen molar-refractivity contribution in [1.82, 2.24) is 4.90 Å². The fourth-order valence-electron chi connectivity index (χ4n) is 1.78. The van der Waals surface area contributed by atoms with Gasteiger partial charge in [0.2, 0.25) is 5.91 Å². The predicted molar refractivity (Wildman–Crippen MR) is 70.8 cm³/mol. The van der Waals surface area contributed by atoms with E-state index in [0.29, 0.717) is 19.1 Å². The average Bonchev–Trinajstić information content (AvgIpc) is 2.27. The number of carbonyl (C=O) groups is 1. The van der Waals surface area contributed by atoms with E-state index in [1.54, 1.807) is 7.11 Å². The third-order valence-electron chi connectivity index (χ3n) is 2.98. The Labute approximate surface area is 105 Å². The first-order chi connectivity index (χ1) is 7.93. The van der Waals surface area contributed by atoms with Gasteiger partial charge in [0.15, 0.2) is 0 Å². The second-order valence-corrected chi connectivity index (χ2v) is 5.02. The van der Waals surface area contributed by atoms with Gasteiger partial charge in [-0.25, -0.2) is 0 Å². The summed E-state index contributed by atoms with van der Waals surface area (Å²) in [6, 6.07) is -0.170. The van der Waals surface area contributed by atoms with Crippen LogP contribution in [-0.4, -0.2) is 43.2 Å². The van der Waals surface area contributed by atoms with Crippen LogP contribution in [0.2, 0.25) is 0 Å². The van der Waals surface area contributed by atoms with Gasteiger partial charge in [-0.3, -0.25) is 4.79 Å². The SMILES string of the molecule is CCC(C)N(CCOC)C(=O)[C@@H](N)CC(C)C. The summed E-state index contributed by atoms with van der Waals surface area (Å²) in [4.78, 5) is 14.1. The van der Waals surface area contributed by atoms with Crippen LogP contribution in [0.25, 0.3) is 0 Å². The topological polar surface area (TPSA) is 55.6 Å². The van der Waals surface area contributed by atoms with E-state index in [-0.39, 0.29) is 18.0 Å². The lowest BCUT2D eigenvalue weighted by Crippen LogP contribution is -2.49. The van der Waals surface area contributed by atoms with E-state index in [2.05, 4.69) is 27.7 Å². The zero-order valence-corrected chi connectivity index (χ0v) is 11.9. The van der Waals surface area contributed by atoms with Crippen molar-refractivity contribution in [2.75, 3.05) is 20.3 Å². The summed E-state index contributed by atoms with van der Waals surface area (Å²) in [6.45, 7) is 9.47. The molecule has 0 bridgehead atoms. The molecule has 2 N–H and O–H groups in total. The number of hydrogen-bond acceptors (Lipinski definition) is 3. The molecule has 4 nitrogen and oxygen atoms in total. The maximum absolute atomic E-state index is 12.2. The first-order valence-electron chi connectivity index (χ1n) is 6.48. The lowest BCUT2D eigenvalue weighted by atomic mass is 10.0. The van der Waals surface area contributed by atoms with Gasteiger partial charge in [0.05, 0.1) is 12.6 Å². The Bertz CT molecular complexity index is 219. The molecule has 0 aromatic rings. The summed E-state index contributed by atoms with van der Waals surface area (Å²) in [5, 5.41) is 0. The molecule has 0 heterocycles. The van der Waals surface area contributed by atoms with Crippen LogP contribution < -0.4 is 5.73 Å². The number of carbonyl (C=O) groups excluding carboxylic acids is 1. The minimum Gasteiger partial charge on any atom is -0.383 e. The Morgan fingerprint density at radius 1 is 1.35 bits per heavy atom. The number of hydrogen-bond donors (Lipinski definition) is 1. The number of ether oxygens (including phenoxy) is 1. The van der Waals surface area contributed by atoms with E-state index in [9.17, 15) is 4.79 Å². The van der Waals surface area contributed by atoms with Crippen molar-refractivity contribution in [3.8, 4) is 0 Å². The van der Waals surface area contributed by atoms with Gasteiger partial charge in [-0.2, -0.15) is 0 Å². The highest BCUT2D eigenvalue weighted by molar-refractivity contribution is 5.81. The van der Waals surface area contributed by atoms with Gasteiger partial charge in [0.1, 0.15) is 0 Å². The number of methoxy groups -OCH3 is 1. The summed E-state index contributed by atoms with van der Waals surface area (Å²) < 4.78 is 5.04. The summed E-state index contributed by atoms with van der Waals surface area (Å²) in [5.41, 5.74) is 5.95. The van der Waals surface area contributed by atoms with Crippen LogP contribution in [0.3, 0.4) is 0 Å². The third kappa shape index (κ3) is 6.03. The normalized spacial score (nSPS) is 14.8. The van der Waals surface area contributed by atoms with Gasteiger partial charge in [0, 0.05) is 19.7 Å². The van der Waals surface area contributed by atoms with Gasteiger partial charge in [0.25, 0.3) is 0 Å². The largest absolute Gasteiger partial charge is 0.383 e. The van der Waals surface area contributed by atoms with Crippen molar-refractivity contribution in [2.24, 2.45) is 11.7 Å². The highest BCUT2D eigenvalue weighted by Gasteiger charge is 2.24. The summed E-state index contributed by atoms with van der Waals surface area (Å²) in [6.07, 6.45) is 1.67. The molecule has 0 aliphatic heterocycles. The van der Waals surface area contributed by atoms with E-state index in [4.69, 9.17) is 10.5 Å². The smallest absolute Gasteiger partial charge is 0.239 e. The predicted octanol–water partition coefficient (Wildman–Crippen LogP) is 1.63. The number of rotatable bonds is 8. The summed E-state index contributed by atoms with van der Waals surface area (Å²) >= 11 is 0. The maximum atomic E-state index is 12.2. The Balaban J connectivity index is 4.50. The molecule has 4 heteroatoms. The molecule has 2 atom stereocenters. The first-order valence-corrected chi connectivity index (χ1v) is 6.48. The number of amides is 1. The quantitative estimate of drug-likeness (QED) is 0.706. The van der Waals surface area contributed by atoms with Crippen LogP contribution in [0.4, 0.5) is 0 Å². The van der Waals surface area contributed by atoms with E-state index < -0.39 is 0 Å². The van der Waals surface area contributed by atoms with Crippen LogP contribution in [0.15, 0.2) is 0 Å². The van der Waals surface area contributed by atoms with Crippen molar-refractivity contribution in [2.45, 2.75) is 52.6 Å². The standard InChI is InChI=1S/C13H28N2O2/c1-6-11(4)15(7-8-17-5)13(16)12(14)9-10(2)3/h10-12H,6-9,14H2,1-5H3/t11?,12-/m0/s1. The first kappa shape index (κ1) is 16.4. The summed E-state index contributed by atoms with van der Waals surface area (Å²) in [7, 11) is 1.65. The highest BCUT2D eigenvalue weighted by atomic mass is 16.5. The van der Waals surface area contributed by atoms with Crippen LogP contribution >= 0.6 is 0 Å². The molecule has 0 aromatic carbocycles. The van der Waals surface area contributed by atoms with Crippen molar-refractivity contribution in [3.63, 3.8) is 0 Å². The van der Waals surface area contributed by atoms with E-state index in [0.717, 1.165) is 12.8 Å². The lowest BCUT2D eigenvalue weighted by molar-refractivity contribution is -0.135. The Morgan fingerprint density at radius 2 is 1.94 bits per heavy atom. The van der Waals surface area contributed by atoms with Crippen molar-refractivity contribution >= 4 is 5.91 Å². The summed E-state index contributed by atoms with van der Waals surface area (Å²) in [5.74, 6) is 0.486. The Hall–Kier alpha value is -0.610. The number of nitrogens with zero attached hydrogens (tertiary/aromatic N) is 1. The average molecular weight is 244 g/mol. The zero-order valence-electron chi connectivity index (χ0n) is 11.9. The minimum atomic E-state index is -0.388. The minimum absolute atomic E-state index is 0.0464. The molecule has 0 aliphatic rings. The van der Waals surface area contributed by atoms with Gasteiger partial charge in [-0.1, -0.05) is 20.8 Å². The van der Waals surface area contributed by atoms with Gasteiger partial charge < -0.3 is 15.4 Å². The Morgan fingerprint density at radius 3 is 2.35 bits per heavy atom. The molecule has 0 radical (unpaired) electrons. The second-order valence-electron chi connectivity index (χ2n) is 5.02. The molecule has 0 aromatic heterocycles. The molecule has 0 fully saturated rings. The molecule has 1 unspecified atom stereocenters. The van der Waals surface area contributed by atoms with Crippen molar-refractivity contribution in [1.29, 1.82) is 0 Å². The lowest BCUT2D eigenvalue weighted by Gasteiger charge is -2.31. The molecule has 0 aliphatic carbocycles. The van der Waals surface area contributed by atoms with E-state index in [1.807, 2.05) is 4.90 Å². The Kier molecular flexibility index (Phi) is 8.17. The molecule has 1 amide bonds. The fraction of sp³-hybridized carbons (Fsp3) is 0.923. The molecule has 102 valence electrons. The monoisotopic (exact) mass is 244 g/mol. The van der Waals surface area contributed by atoms with Crippen LogP contribution in [-0.2, 0) is 9.53 Å². The van der Waals surface area contributed by atoms with Gasteiger partial charge >= 0.3 is 0 Å². The molecule has 17 heavy (non-hydrogen) atoms. The van der Waals surface area contributed by atoms with Crippen LogP contribution in [0, 0.1) is 5.92 Å². The van der Waals surface area contributed by atoms with Gasteiger partial charge in [-0.05, 0) is 25.7 Å².